The highest BCUT2D eigenvalue weighted by Gasteiger charge is 2.33. The number of carbonyl (C=O) groups excluding carboxylic acids is 2. The topological polar surface area (TPSA) is 92.3 Å². The molecule has 2 aliphatic rings. The average Bonchev–Trinajstić information content (AvgIpc) is 2.32. The second-order valence-electron chi connectivity index (χ2n) is 5.49. The summed E-state index contributed by atoms with van der Waals surface area (Å²) in [5.41, 5.74) is 0. The van der Waals surface area contributed by atoms with Crippen LogP contribution in [0.1, 0.15) is 38.5 Å². The Morgan fingerprint density at radius 2 is 1.95 bits per heavy atom. The molecule has 0 aromatic heterocycles. The minimum absolute atomic E-state index is 0.0393. The molecule has 1 saturated heterocycles. The summed E-state index contributed by atoms with van der Waals surface area (Å²) in [7, 11) is -3.02. The molecule has 2 amide bonds. The Balaban J connectivity index is 1.92. The van der Waals surface area contributed by atoms with Crippen molar-refractivity contribution in [2.75, 3.05) is 6.26 Å². The monoisotopic (exact) mass is 288 g/mol. The maximum absolute atomic E-state index is 11.6. The fourth-order valence-corrected chi connectivity index (χ4v) is 4.00. The Hall–Kier alpha value is -0.950. The number of imide groups is 1. The van der Waals surface area contributed by atoms with Crippen LogP contribution < -0.4 is 10.6 Å². The first-order chi connectivity index (χ1) is 8.86. The van der Waals surface area contributed by atoms with Crippen molar-refractivity contribution >= 4 is 21.7 Å². The van der Waals surface area contributed by atoms with Crippen LogP contribution in [-0.4, -0.2) is 43.8 Å². The molecule has 2 fully saturated rings. The number of carbonyl (C=O) groups is 2. The Kier molecular flexibility index (Phi) is 4.25. The van der Waals surface area contributed by atoms with Gasteiger partial charge in [0.25, 0.3) is 0 Å². The number of rotatable bonds is 3. The van der Waals surface area contributed by atoms with E-state index in [0.29, 0.717) is 25.7 Å². The van der Waals surface area contributed by atoms with Gasteiger partial charge in [0.05, 0.1) is 11.3 Å². The van der Waals surface area contributed by atoms with Gasteiger partial charge in [-0.3, -0.25) is 14.9 Å². The molecule has 1 aliphatic carbocycles. The molecule has 2 rings (SSSR count). The molecule has 1 heterocycles. The highest BCUT2D eigenvalue weighted by molar-refractivity contribution is 7.91. The van der Waals surface area contributed by atoms with Crippen molar-refractivity contribution < 1.29 is 18.0 Å². The van der Waals surface area contributed by atoms with E-state index < -0.39 is 9.84 Å². The van der Waals surface area contributed by atoms with Crippen molar-refractivity contribution in [1.82, 2.24) is 10.6 Å². The van der Waals surface area contributed by atoms with Gasteiger partial charge in [-0.05, 0) is 25.7 Å². The number of amides is 2. The predicted molar refractivity (Wildman–Crippen MR) is 70.2 cm³/mol. The summed E-state index contributed by atoms with van der Waals surface area (Å²) < 4.78 is 23.2. The SMILES string of the molecule is CS(=O)(=O)C1CCCC(NC2CCC(=O)NC2=O)C1. The lowest BCUT2D eigenvalue weighted by Crippen LogP contribution is -2.54. The third-order valence-electron chi connectivity index (χ3n) is 3.91. The minimum atomic E-state index is -3.02. The molecule has 1 saturated carbocycles. The molecule has 19 heavy (non-hydrogen) atoms. The number of hydrogen-bond acceptors (Lipinski definition) is 5. The fourth-order valence-electron chi connectivity index (χ4n) is 2.82. The molecule has 1 aliphatic heterocycles. The molecular weight excluding hydrogens is 268 g/mol. The van der Waals surface area contributed by atoms with Crippen LogP contribution in [0, 0.1) is 0 Å². The van der Waals surface area contributed by atoms with Gasteiger partial charge in [-0.2, -0.15) is 0 Å². The lowest BCUT2D eigenvalue weighted by Gasteiger charge is -2.32. The average molecular weight is 288 g/mol. The number of sulfone groups is 1. The zero-order valence-corrected chi connectivity index (χ0v) is 11.8. The van der Waals surface area contributed by atoms with Gasteiger partial charge in [0.1, 0.15) is 9.84 Å². The van der Waals surface area contributed by atoms with Crippen LogP contribution in [-0.2, 0) is 19.4 Å². The van der Waals surface area contributed by atoms with Gasteiger partial charge in [0.2, 0.25) is 11.8 Å². The quantitative estimate of drug-likeness (QED) is 0.698. The number of piperidine rings is 1. The Morgan fingerprint density at radius 1 is 1.21 bits per heavy atom. The largest absolute Gasteiger partial charge is 0.303 e. The zero-order chi connectivity index (χ0) is 14.0. The van der Waals surface area contributed by atoms with Gasteiger partial charge in [0.15, 0.2) is 0 Å². The van der Waals surface area contributed by atoms with Crippen molar-refractivity contribution in [2.24, 2.45) is 0 Å². The summed E-state index contributed by atoms with van der Waals surface area (Å²) in [5, 5.41) is 5.19. The summed E-state index contributed by atoms with van der Waals surface area (Å²) in [4.78, 5) is 22.7. The van der Waals surface area contributed by atoms with Crippen LogP contribution in [0.25, 0.3) is 0 Å². The Labute approximate surface area is 113 Å². The Morgan fingerprint density at radius 3 is 2.58 bits per heavy atom. The normalized spacial score (nSPS) is 33.0. The number of nitrogens with one attached hydrogen (secondary N) is 2. The van der Waals surface area contributed by atoms with Gasteiger partial charge in [-0.25, -0.2) is 8.42 Å². The summed E-state index contributed by atoms with van der Waals surface area (Å²) >= 11 is 0. The van der Waals surface area contributed by atoms with Gasteiger partial charge in [-0.1, -0.05) is 6.42 Å². The molecule has 6 nitrogen and oxygen atoms in total. The number of hydrogen-bond donors (Lipinski definition) is 2. The van der Waals surface area contributed by atoms with Crippen molar-refractivity contribution in [3.63, 3.8) is 0 Å². The van der Waals surface area contributed by atoms with Gasteiger partial charge >= 0.3 is 0 Å². The smallest absolute Gasteiger partial charge is 0.243 e. The van der Waals surface area contributed by atoms with Crippen LogP contribution in [0.15, 0.2) is 0 Å². The van der Waals surface area contributed by atoms with E-state index in [-0.39, 0.29) is 29.1 Å². The Bertz CT molecular complexity index is 474. The van der Waals surface area contributed by atoms with Crippen LogP contribution in [0.4, 0.5) is 0 Å². The predicted octanol–water partition coefficient (Wildman–Crippen LogP) is -0.263. The lowest BCUT2D eigenvalue weighted by molar-refractivity contribution is -0.134. The van der Waals surface area contributed by atoms with Crippen molar-refractivity contribution in [1.29, 1.82) is 0 Å². The van der Waals surface area contributed by atoms with E-state index in [2.05, 4.69) is 10.6 Å². The van der Waals surface area contributed by atoms with Gasteiger partial charge < -0.3 is 5.32 Å². The van der Waals surface area contributed by atoms with E-state index >= 15 is 0 Å². The lowest BCUT2D eigenvalue weighted by atomic mass is 9.93. The molecule has 108 valence electrons. The molecule has 0 bridgehead atoms. The standard InChI is InChI=1S/C12H20N2O4S/c1-19(17,18)9-4-2-3-8(7-9)13-10-5-6-11(15)14-12(10)16/h8-10,13H,2-7H2,1H3,(H,14,15,16). The van der Waals surface area contributed by atoms with E-state index in [1.807, 2.05) is 0 Å². The van der Waals surface area contributed by atoms with Crippen LogP contribution in [0.5, 0.6) is 0 Å². The highest BCUT2D eigenvalue weighted by atomic mass is 32.2. The fraction of sp³-hybridized carbons (Fsp3) is 0.833. The van der Waals surface area contributed by atoms with Crippen LogP contribution >= 0.6 is 0 Å². The third-order valence-corrected chi connectivity index (χ3v) is 5.55. The van der Waals surface area contributed by atoms with Crippen molar-refractivity contribution in [3.05, 3.63) is 0 Å². The molecule has 3 unspecified atom stereocenters. The molecule has 0 aromatic carbocycles. The van der Waals surface area contributed by atoms with E-state index in [9.17, 15) is 18.0 Å². The molecular formula is C12H20N2O4S. The molecule has 0 aromatic rings. The first-order valence-electron chi connectivity index (χ1n) is 6.65. The van der Waals surface area contributed by atoms with Crippen molar-refractivity contribution in [2.45, 2.75) is 55.9 Å². The summed E-state index contributed by atoms with van der Waals surface area (Å²) in [6, 6.07) is -0.335. The summed E-state index contributed by atoms with van der Waals surface area (Å²) in [5.74, 6) is -0.529. The van der Waals surface area contributed by atoms with Gasteiger partial charge in [0, 0.05) is 18.7 Å². The van der Waals surface area contributed by atoms with Crippen LogP contribution in [0.2, 0.25) is 0 Å². The van der Waals surface area contributed by atoms with E-state index in [4.69, 9.17) is 0 Å². The van der Waals surface area contributed by atoms with E-state index in [1.54, 1.807) is 0 Å². The maximum atomic E-state index is 11.6. The van der Waals surface area contributed by atoms with E-state index in [1.165, 1.54) is 6.26 Å². The molecule has 0 radical (unpaired) electrons. The van der Waals surface area contributed by atoms with E-state index in [0.717, 1.165) is 12.8 Å². The highest BCUT2D eigenvalue weighted by Crippen LogP contribution is 2.24. The molecule has 2 N–H and O–H groups in total. The summed E-state index contributed by atoms with van der Waals surface area (Å²) in [6.45, 7) is 0. The first-order valence-corrected chi connectivity index (χ1v) is 8.60. The minimum Gasteiger partial charge on any atom is -0.303 e. The first kappa shape index (κ1) is 14.5. The zero-order valence-electron chi connectivity index (χ0n) is 11.0. The molecule has 7 heteroatoms. The van der Waals surface area contributed by atoms with Crippen molar-refractivity contribution in [3.8, 4) is 0 Å². The second kappa shape index (κ2) is 5.58. The molecule has 3 atom stereocenters. The van der Waals surface area contributed by atoms with Crippen LogP contribution in [0.3, 0.4) is 0 Å². The summed E-state index contributed by atoms with van der Waals surface area (Å²) in [6.07, 6.45) is 5.08. The molecule has 0 spiro atoms. The maximum Gasteiger partial charge on any atom is 0.243 e. The van der Waals surface area contributed by atoms with Gasteiger partial charge in [-0.15, -0.1) is 0 Å². The second-order valence-corrected chi connectivity index (χ2v) is 7.81. The third kappa shape index (κ3) is 3.76.